The molecule has 0 fully saturated rings. The fraction of sp³-hybridized carbons (Fsp3) is 0.0435. The van der Waals surface area contributed by atoms with E-state index in [1.165, 1.54) is 16.1 Å². The van der Waals surface area contributed by atoms with Gasteiger partial charge in [0.05, 0.1) is 15.9 Å². The molecule has 0 unspecified atom stereocenters. The van der Waals surface area contributed by atoms with E-state index in [1.54, 1.807) is 48.7 Å². The number of furan rings is 1. The van der Waals surface area contributed by atoms with E-state index in [2.05, 4.69) is 4.98 Å². The highest BCUT2D eigenvalue weighted by Gasteiger charge is 2.27. The molecular formula is C23H16N2O5S. The quantitative estimate of drug-likeness (QED) is 0.442. The second-order valence-electron chi connectivity index (χ2n) is 7.12. The molecule has 1 N–H and O–H groups in total. The lowest BCUT2D eigenvalue weighted by molar-refractivity contribution is 0.0663. The Morgan fingerprint density at radius 1 is 0.968 bits per heavy atom. The van der Waals surface area contributed by atoms with Gasteiger partial charge in [-0.3, -0.25) is 4.98 Å². The van der Waals surface area contributed by atoms with Crippen molar-refractivity contribution in [1.82, 2.24) is 8.96 Å². The first-order valence-corrected chi connectivity index (χ1v) is 10.9. The number of aromatic carboxylic acids is 1. The zero-order chi connectivity index (χ0) is 21.8. The molecule has 5 rings (SSSR count). The molecule has 0 spiro atoms. The molecule has 0 atom stereocenters. The summed E-state index contributed by atoms with van der Waals surface area (Å²) in [5.41, 5.74) is 2.02. The maximum absolute atomic E-state index is 13.7. The number of fused-ring (bicyclic) bond motifs is 3. The SMILES string of the molecule is Cc1ccc(S(=O)(=O)n2c3ccccc3c3ccnc(-c4ccc(C(=O)O)o4)c32)cc1. The van der Waals surface area contributed by atoms with Crippen LogP contribution in [0.4, 0.5) is 0 Å². The van der Waals surface area contributed by atoms with E-state index >= 15 is 0 Å². The molecule has 0 saturated heterocycles. The van der Waals surface area contributed by atoms with Crippen molar-refractivity contribution in [1.29, 1.82) is 0 Å². The number of pyridine rings is 1. The summed E-state index contributed by atoms with van der Waals surface area (Å²) in [4.78, 5) is 15.8. The summed E-state index contributed by atoms with van der Waals surface area (Å²) in [6.45, 7) is 1.88. The van der Waals surface area contributed by atoms with E-state index in [0.29, 0.717) is 16.4 Å². The Balaban J connectivity index is 1.90. The van der Waals surface area contributed by atoms with Gasteiger partial charge >= 0.3 is 5.97 Å². The molecule has 0 bridgehead atoms. The number of carboxylic acids is 1. The van der Waals surface area contributed by atoms with Crippen molar-refractivity contribution in [2.24, 2.45) is 0 Å². The number of para-hydroxylation sites is 1. The first-order valence-electron chi connectivity index (χ1n) is 9.42. The lowest BCUT2D eigenvalue weighted by Gasteiger charge is -2.11. The molecule has 0 amide bonds. The fourth-order valence-electron chi connectivity index (χ4n) is 3.70. The second kappa shape index (κ2) is 6.82. The first-order chi connectivity index (χ1) is 14.9. The minimum atomic E-state index is -3.99. The maximum Gasteiger partial charge on any atom is 0.371 e. The molecular weight excluding hydrogens is 416 g/mol. The van der Waals surface area contributed by atoms with E-state index in [1.807, 2.05) is 19.1 Å². The van der Waals surface area contributed by atoms with Crippen molar-refractivity contribution in [3.8, 4) is 11.5 Å². The number of carbonyl (C=O) groups is 1. The van der Waals surface area contributed by atoms with Gasteiger partial charge in [0, 0.05) is 17.0 Å². The molecule has 3 heterocycles. The Hall–Kier alpha value is -3.91. The Kier molecular flexibility index (Phi) is 4.19. The van der Waals surface area contributed by atoms with Crippen molar-refractivity contribution >= 4 is 37.8 Å². The van der Waals surface area contributed by atoms with Crippen LogP contribution in [0, 0.1) is 6.92 Å². The lowest BCUT2D eigenvalue weighted by atomic mass is 10.1. The number of aryl methyl sites for hydroxylation is 1. The molecule has 0 aliphatic rings. The summed E-state index contributed by atoms with van der Waals surface area (Å²) >= 11 is 0. The highest BCUT2D eigenvalue weighted by Crippen LogP contribution is 2.37. The maximum atomic E-state index is 13.7. The summed E-state index contributed by atoms with van der Waals surface area (Å²) in [5, 5.41) is 10.6. The van der Waals surface area contributed by atoms with E-state index in [-0.39, 0.29) is 22.1 Å². The molecule has 3 aromatic heterocycles. The monoisotopic (exact) mass is 432 g/mol. The fourth-order valence-corrected chi connectivity index (χ4v) is 5.24. The average Bonchev–Trinajstić information content (AvgIpc) is 3.37. The molecule has 0 saturated carbocycles. The van der Waals surface area contributed by atoms with Crippen LogP contribution < -0.4 is 0 Å². The van der Waals surface area contributed by atoms with Crippen LogP contribution in [0.3, 0.4) is 0 Å². The second-order valence-corrected chi connectivity index (χ2v) is 8.91. The third-order valence-electron chi connectivity index (χ3n) is 5.15. The van der Waals surface area contributed by atoms with Crippen LogP contribution in [0.25, 0.3) is 33.3 Å². The molecule has 0 aliphatic heterocycles. The molecule has 7 nitrogen and oxygen atoms in total. The third kappa shape index (κ3) is 2.91. The molecule has 8 heteroatoms. The van der Waals surface area contributed by atoms with Crippen LogP contribution in [-0.4, -0.2) is 28.5 Å². The predicted molar refractivity (Wildman–Crippen MR) is 116 cm³/mol. The van der Waals surface area contributed by atoms with Gasteiger partial charge in [-0.2, -0.15) is 0 Å². The van der Waals surface area contributed by atoms with Crippen molar-refractivity contribution < 1.29 is 22.7 Å². The number of benzene rings is 2. The molecule has 154 valence electrons. The van der Waals surface area contributed by atoms with E-state index < -0.39 is 16.0 Å². The predicted octanol–water partition coefficient (Wildman–Crippen LogP) is 4.69. The number of hydrogen-bond acceptors (Lipinski definition) is 5. The average molecular weight is 432 g/mol. The Bertz CT molecular complexity index is 1580. The van der Waals surface area contributed by atoms with Crippen molar-refractivity contribution in [2.45, 2.75) is 11.8 Å². The normalized spacial score (nSPS) is 11.9. The number of hydrogen-bond donors (Lipinski definition) is 1. The van der Waals surface area contributed by atoms with E-state index in [9.17, 15) is 18.3 Å². The zero-order valence-electron chi connectivity index (χ0n) is 16.3. The number of aromatic nitrogens is 2. The van der Waals surface area contributed by atoms with Crippen molar-refractivity contribution in [3.05, 3.63) is 84.3 Å². The highest BCUT2D eigenvalue weighted by molar-refractivity contribution is 7.90. The van der Waals surface area contributed by atoms with Gasteiger partial charge in [0.25, 0.3) is 10.0 Å². The van der Waals surface area contributed by atoms with Crippen LogP contribution in [0.2, 0.25) is 0 Å². The Morgan fingerprint density at radius 2 is 1.71 bits per heavy atom. The molecule has 31 heavy (non-hydrogen) atoms. The van der Waals surface area contributed by atoms with Gasteiger partial charge in [-0.05, 0) is 43.3 Å². The van der Waals surface area contributed by atoms with Gasteiger partial charge in [-0.25, -0.2) is 17.2 Å². The van der Waals surface area contributed by atoms with Crippen molar-refractivity contribution in [2.75, 3.05) is 0 Å². The molecule has 0 radical (unpaired) electrons. The van der Waals surface area contributed by atoms with Gasteiger partial charge in [0.2, 0.25) is 5.76 Å². The van der Waals surface area contributed by atoms with Gasteiger partial charge in [-0.1, -0.05) is 35.9 Å². The zero-order valence-corrected chi connectivity index (χ0v) is 17.1. The minimum absolute atomic E-state index is 0.140. The Morgan fingerprint density at radius 3 is 2.42 bits per heavy atom. The van der Waals surface area contributed by atoms with Gasteiger partial charge in [0.15, 0.2) is 5.76 Å². The lowest BCUT2D eigenvalue weighted by Crippen LogP contribution is -2.13. The Labute approximate surface area is 177 Å². The van der Waals surface area contributed by atoms with Crippen LogP contribution in [0.5, 0.6) is 0 Å². The van der Waals surface area contributed by atoms with Gasteiger partial charge in [-0.15, -0.1) is 0 Å². The third-order valence-corrected chi connectivity index (χ3v) is 6.88. The highest BCUT2D eigenvalue weighted by atomic mass is 32.2. The van der Waals surface area contributed by atoms with E-state index in [4.69, 9.17) is 4.42 Å². The van der Waals surface area contributed by atoms with Crippen LogP contribution in [0.15, 0.2) is 82.2 Å². The van der Waals surface area contributed by atoms with Crippen LogP contribution in [0.1, 0.15) is 16.1 Å². The summed E-state index contributed by atoms with van der Waals surface area (Å²) in [5.74, 6) is -1.30. The summed E-state index contributed by atoms with van der Waals surface area (Å²) in [6, 6.07) is 18.3. The van der Waals surface area contributed by atoms with Crippen LogP contribution >= 0.6 is 0 Å². The topological polar surface area (TPSA) is 102 Å². The van der Waals surface area contributed by atoms with Gasteiger partial charge in [0.1, 0.15) is 5.69 Å². The molecule has 0 aliphatic carbocycles. The number of carboxylic acid groups (broad SMARTS) is 1. The number of nitrogens with zero attached hydrogens (tertiary/aromatic N) is 2. The largest absolute Gasteiger partial charge is 0.475 e. The summed E-state index contributed by atoms with van der Waals surface area (Å²) in [6.07, 6.45) is 1.55. The van der Waals surface area contributed by atoms with Gasteiger partial charge < -0.3 is 9.52 Å². The first kappa shape index (κ1) is 19.1. The van der Waals surface area contributed by atoms with Crippen molar-refractivity contribution in [3.63, 3.8) is 0 Å². The number of rotatable bonds is 4. The summed E-state index contributed by atoms with van der Waals surface area (Å²) < 4.78 is 34.2. The smallest absolute Gasteiger partial charge is 0.371 e. The molecule has 2 aromatic carbocycles. The minimum Gasteiger partial charge on any atom is -0.475 e. The van der Waals surface area contributed by atoms with E-state index in [0.717, 1.165) is 10.9 Å². The van der Waals surface area contributed by atoms with Crippen LogP contribution in [-0.2, 0) is 10.0 Å². The standard InChI is InChI=1S/C23H16N2O5S/c1-14-6-8-15(9-7-14)31(28,29)25-18-5-3-2-4-16(18)17-12-13-24-21(22(17)25)19-10-11-20(30-19)23(26)27/h2-13H,1H3,(H,26,27). The summed E-state index contributed by atoms with van der Waals surface area (Å²) in [7, 11) is -3.99. The molecule has 5 aromatic rings.